The first-order valence-electron chi connectivity index (χ1n) is 9.66. The second-order valence-corrected chi connectivity index (χ2v) is 10.2. The molecule has 1 N–H and O–H groups in total. The van der Waals surface area contributed by atoms with Gasteiger partial charge in [-0.1, -0.05) is 53.9 Å². The lowest BCUT2D eigenvalue weighted by molar-refractivity contribution is -0.140. The highest BCUT2D eigenvalue weighted by atomic mass is 35.5. The predicted octanol–water partition coefficient (Wildman–Crippen LogP) is 3.97. The zero-order valence-corrected chi connectivity index (χ0v) is 20.9. The highest BCUT2D eigenvalue weighted by Crippen LogP contribution is 2.25. The molecule has 0 aliphatic rings. The van der Waals surface area contributed by atoms with Gasteiger partial charge in [-0.25, -0.2) is 8.42 Å². The van der Waals surface area contributed by atoms with Gasteiger partial charge in [0.15, 0.2) is 0 Å². The standard InChI is InChI=1S/C21H24Cl3N3O4S/c1-4-19(21(29)25-2)26(12-14-8-9-17(23)18(24)10-14)20(28)13-27(32(3,30)31)16-7-5-6-15(22)11-16/h5-11,19H,4,12-13H2,1-3H3,(H,25,29)/t19-/m0/s1. The number of nitrogens with zero attached hydrogens (tertiary/aromatic N) is 2. The summed E-state index contributed by atoms with van der Waals surface area (Å²) in [7, 11) is -2.34. The van der Waals surface area contributed by atoms with Crippen LogP contribution in [0, 0.1) is 0 Å². The van der Waals surface area contributed by atoms with Gasteiger partial charge in [0.1, 0.15) is 12.6 Å². The van der Waals surface area contributed by atoms with E-state index in [1.54, 1.807) is 43.3 Å². The van der Waals surface area contributed by atoms with Crippen LogP contribution < -0.4 is 9.62 Å². The lowest BCUT2D eigenvalue weighted by Gasteiger charge is -2.32. The Morgan fingerprint density at radius 3 is 2.28 bits per heavy atom. The van der Waals surface area contributed by atoms with Gasteiger partial charge in [0.25, 0.3) is 0 Å². The lowest BCUT2D eigenvalue weighted by Crippen LogP contribution is -2.51. The number of benzene rings is 2. The van der Waals surface area contributed by atoms with Gasteiger partial charge in [-0.2, -0.15) is 0 Å². The maximum atomic E-state index is 13.4. The van der Waals surface area contributed by atoms with Crippen molar-refractivity contribution in [3.63, 3.8) is 0 Å². The molecule has 7 nitrogen and oxygen atoms in total. The molecule has 2 amide bonds. The molecule has 1 atom stereocenters. The second-order valence-electron chi connectivity index (χ2n) is 7.06. The van der Waals surface area contributed by atoms with Crippen molar-refractivity contribution in [2.45, 2.75) is 25.9 Å². The first-order chi connectivity index (χ1) is 15.0. The van der Waals surface area contributed by atoms with Crippen LogP contribution in [0.1, 0.15) is 18.9 Å². The third-order valence-electron chi connectivity index (χ3n) is 4.74. The summed E-state index contributed by atoms with van der Waals surface area (Å²) >= 11 is 18.1. The number of hydrogen-bond donors (Lipinski definition) is 1. The van der Waals surface area contributed by atoms with Gasteiger partial charge < -0.3 is 10.2 Å². The van der Waals surface area contributed by atoms with Crippen LogP contribution in [0.3, 0.4) is 0 Å². The van der Waals surface area contributed by atoms with E-state index < -0.39 is 28.5 Å². The molecule has 0 radical (unpaired) electrons. The van der Waals surface area contributed by atoms with E-state index in [2.05, 4.69) is 5.32 Å². The minimum atomic E-state index is -3.82. The number of amides is 2. The van der Waals surface area contributed by atoms with E-state index in [0.717, 1.165) is 10.6 Å². The molecule has 0 fully saturated rings. The Bertz CT molecular complexity index is 1100. The molecular weight excluding hydrogens is 497 g/mol. The van der Waals surface area contributed by atoms with E-state index in [-0.39, 0.29) is 18.1 Å². The van der Waals surface area contributed by atoms with E-state index in [4.69, 9.17) is 34.8 Å². The van der Waals surface area contributed by atoms with Crippen molar-refractivity contribution >= 4 is 62.3 Å². The van der Waals surface area contributed by atoms with Crippen LogP contribution in [0.2, 0.25) is 15.1 Å². The van der Waals surface area contributed by atoms with Crippen LogP contribution >= 0.6 is 34.8 Å². The minimum Gasteiger partial charge on any atom is -0.357 e. The summed E-state index contributed by atoms with van der Waals surface area (Å²) in [6.45, 7) is 1.29. The summed E-state index contributed by atoms with van der Waals surface area (Å²) in [6.07, 6.45) is 1.32. The van der Waals surface area contributed by atoms with Crippen LogP contribution in [-0.2, 0) is 26.2 Å². The molecule has 2 aromatic rings. The van der Waals surface area contributed by atoms with Gasteiger partial charge in [0.2, 0.25) is 21.8 Å². The van der Waals surface area contributed by atoms with Crippen molar-refractivity contribution in [1.29, 1.82) is 0 Å². The number of anilines is 1. The molecule has 32 heavy (non-hydrogen) atoms. The van der Waals surface area contributed by atoms with Crippen molar-refractivity contribution in [2.24, 2.45) is 0 Å². The summed E-state index contributed by atoms with van der Waals surface area (Å²) < 4.78 is 25.9. The fourth-order valence-electron chi connectivity index (χ4n) is 3.17. The largest absolute Gasteiger partial charge is 0.357 e. The zero-order valence-electron chi connectivity index (χ0n) is 17.8. The highest BCUT2D eigenvalue weighted by molar-refractivity contribution is 7.92. The van der Waals surface area contributed by atoms with Crippen LogP contribution in [-0.4, -0.2) is 51.0 Å². The molecule has 0 unspecified atom stereocenters. The van der Waals surface area contributed by atoms with Gasteiger partial charge in [-0.3, -0.25) is 13.9 Å². The van der Waals surface area contributed by atoms with Gasteiger partial charge in [0, 0.05) is 18.6 Å². The van der Waals surface area contributed by atoms with Crippen LogP contribution in [0.4, 0.5) is 5.69 Å². The summed E-state index contributed by atoms with van der Waals surface area (Å²) in [5, 5.41) is 3.54. The molecule has 0 heterocycles. The smallest absolute Gasteiger partial charge is 0.244 e. The molecule has 11 heteroatoms. The highest BCUT2D eigenvalue weighted by Gasteiger charge is 2.31. The van der Waals surface area contributed by atoms with Crippen LogP contribution in [0.5, 0.6) is 0 Å². The summed E-state index contributed by atoms with van der Waals surface area (Å²) in [6, 6.07) is 10.3. The fraction of sp³-hybridized carbons (Fsp3) is 0.333. The van der Waals surface area contributed by atoms with Gasteiger partial charge in [-0.05, 0) is 42.3 Å². The van der Waals surface area contributed by atoms with Gasteiger partial charge in [0.05, 0.1) is 22.0 Å². The van der Waals surface area contributed by atoms with Gasteiger partial charge >= 0.3 is 0 Å². The van der Waals surface area contributed by atoms with Crippen LogP contribution in [0.15, 0.2) is 42.5 Å². The van der Waals surface area contributed by atoms with Crippen molar-refractivity contribution in [3.8, 4) is 0 Å². The molecule has 2 aromatic carbocycles. The molecule has 0 aliphatic heterocycles. The Labute approximate surface area is 203 Å². The average Bonchev–Trinajstić information content (AvgIpc) is 2.73. The third-order valence-corrected chi connectivity index (χ3v) is 6.86. The number of nitrogens with one attached hydrogen (secondary N) is 1. The molecule has 0 saturated heterocycles. The monoisotopic (exact) mass is 519 g/mol. The molecular formula is C21H24Cl3N3O4S. The molecule has 0 aliphatic carbocycles. The third kappa shape index (κ3) is 6.75. The summed E-state index contributed by atoms with van der Waals surface area (Å²) in [5.41, 5.74) is 0.889. The van der Waals surface area contributed by atoms with E-state index in [1.165, 1.54) is 18.0 Å². The van der Waals surface area contributed by atoms with E-state index in [1.807, 2.05) is 0 Å². The maximum Gasteiger partial charge on any atom is 0.244 e. The molecule has 0 spiro atoms. The van der Waals surface area contributed by atoms with Gasteiger partial charge in [-0.15, -0.1) is 0 Å². The number of hydrogen-bond acceptors (Lipinski definition) is 4. The number of sulfonamides is 1. The van der Waals surface area contributed by atoms with E-state index in [0.29, 0.717) is 27.1 Å². The normalized spacial score (nSPS) is 12.2. The number of carbonyl (C=O) groups is 2. The van der Waals surface area contributed by atoms with Crippen LogP contribution in [0.25, 0.3) is 0 Å². The Hall–Kier alpha value is -2.00. The number of likely N-dealkylation sites (N-methyl/N-ethyl adjacent to an activating group) is 1. The maximum absolute atomic E-state index is 13.4. The molecule has 174 valence electrons. The number of rotatable bonds is 9. The summed E-state index contributed by atoms with van der Waals surface area (Å²) in [4.78, 5) is 27.2. The Morgan fingerprint density at radius 2 is 1.75 bits per heavy atom. The fourth-order valence-corrected chi connectivity index (χ4v) is 4.51. The SMILES string of the molecule is CC[C@@H](C(=O)NC)N(Cc1ccc(Cl)c(Cl)c1)C(=O)CN(c1cccc(Cl)c1)S(C)(=O)=O. The lowest BCUT2D eigenvalue weighted by atomic mass is 10.1. The molecule has 0 saturated carbocycles. The van der Waals surface area contributed by atoms with E-state index >= 15 is 0 Å². The predicted molar refractivity (Wildman–Crippen MR) is 129 cm³/mol. The number of halogens is 3. The van der Waals surface area contributed by atoms with Crippen molar-refractivity contribution in [2.75, 3.05) is 24.2 Å². The first-order valence-corrected chi connectivity index (χ1v) is 12.6. The zero-order chi connectivity index (χ0) is 24.1. The molecule has 2 rings (SSSR count). The Kier molecular flexibility index (Phi) is 9.21. The van der Waals surface area contributed by atoms with Crippen molar-refractivity contribution in [1.82, 2.24) is 10.2 Å². The van der Waals surface area contributed by atoms with E-state index in [9.17, 15) is 18.0 Å². The Morgan fingerprint density at radius 1 is 1.06 bits per heavy atom. The molecule has 0 aromatic heterocycles. The van der Waals surface area contributed by atoms with Crippen molar-refractivity contribution < 1.29 is 18.0 Å². The second kappa shape index (κ2) is 11.2. The quantitative estimate of drug-likeness (QED) is 0.542. The topological polar surface area (TPSA) is 86.8 Å². The van der Waals surface area contributed by atoms with Crippen molar-refractivity contribution in [3.05, 3.63) is 63.1 Å². The summed E-state index contributed by atoms with van der Waals surface area (Å²) in [5.74, 6) is -0.925. The first kappa shape index (κ1) is 26.3. The minimum absolute atomic E-state index is 0.0365. The number of carbonyl (C=O) groups excluding carboxylic acids is 2. The molecule has 0 bridgehead atoms. The average molecular weight is 521 g/mol. The Balaban J connectivity index is 2.44.